The topological polar surface area (TPSA) is 86.7 Å². The minimum Gasteiger partial charge on any atom is -0.393 e. The lowest BCUT2D eigenvalue weighted by molar-refractivity contribution is -0.154. The van der Waals surface area contributed by atoms with E-state index in [0.717, 1.165) is 25.7 Å². The van der Waals surface area contributed by atoms with E-state index < -0.39 is 11.9 Å². The van der Waals surface area contributed by atoms with E-state index in [9.17, 15) is 19.2 Å². The monoisotopic (exact) mass is 390 g/mol. The van der Waals surface area contributed by atoms with Crippen LogP contribution in [0.2, 0.25) is 0 Å². The zero-order valence-electron chi connectivity index (χ0n) is 16.4. The van der Waals surface area contributed by atoms with Crippen LogP contribution in [0.1, 0.15) is 77.0 Å². The number of hydrogen-bond donors (Lipinski definition) is 0. The number of rotatable bonds is 13. The van der Waals surface area contributed by atoms with E-state index in [-0.39, 0.29) is 36.6 Å². The summed E-state index contributed by atoms with van der Waals surface area (Å²) in [5, 5.41) is 0. The molecule has 0 spiro atoms. The van der Waals surface area contributed by atoms with Gasteiger partial charge < -0.3 is 9.47 Å². The quantitative estimate of drug-likeness (QED) is 0.203. The van der Waals surface area contributed by atoms with Gasteiger partial charge in [0.2, 0.25) is 0 Å². The molecule has 2 aliphatic rings. The molecular formula is C22H30O6. The van der Waals surface area contributed by atoms with Gasteiger partial charge in [0.05, 0.1) is 24.7 Å². The molecule has 0 amide bonds. The van der Waals surface area contributed by atoms with Gasteiger partial charge in [0.15, 0.2) is 0 Å². The fraction of sp³-hybridized carbons (Fsp3) is 0.636. The van der Waals surface area contributed by atoms with Gasteiger partial charge in [0.25, 0.3) is 0 Å². The third-order valence-corrected chi connectivity index (χ3v) is 5.09. The fourth-order valence-corrected chi connectivity index (χ4v) is 3.39. The Morgan fingerprint density at radius 1 is 0.607 bits per heavy atom. The molecule has 0 saturated carbocycles. The Balaban J connectivity index is 1.36. The molecule has 0 aromatic rings. The van der Waals surface area contributed by atoms with Gasteiger partial charge >= 0.3 is 23.9 Å². The maximum atomic E-state index is 11.3. The van der Waals surface area contributed by atoms with Crippen LogP contribution in [-0.4, -0.2) is 23.9 Å². The largest absolute Gasteiger partial charge is 0.393 e. The van der Waals surface area contributed by atoms with Crippen LogP contribution < -0.4 is 0 Å². The van der Waals surface area contributed by atoms with Crippen LogP contribution in [0, 0.1) is 11.8 Å². The molecule has 6 nitrogen and oxygen atoms in total. The molecule has 2 atom stereocenters. The van der Waals surface area contributed by atoms with Crippen LogP contribution in [0.15, 0.2) is 24.3 Å². The summed E-state index contributed by atoms with van der Waals surface area (Å²) in [7, 11) is 0. The molecule has 0 radical (unpaired) electrons. The Morgan fingerprint density at radius 3 is 1.36 bits per heavy atom. The van der Waals surface area contributed by atoms with E-state index >= 15 is 0 Å². The van der Waals surface area contributed by atoms with Crippen LogP contribution in [0.5, 0.6) is 0 Å². The molecule has 28 heavy (non-hydrogen) atoms. The van der Waals surface area contributed by atoms with E-state index in [4.69, 9.17) is 0 Å². The lowest BCUT2D eigenvalue weighted by Gasteiger charge is -2.01. The fourth-order valence-electron chi connectivity index (χ4n) is 3.39. The molecular weight excluding hydrogens is 360 g/mol. The van der Waals surface area contributed by atoms with E-state index in [1.54, 1.807) is 0 Å². The van der Waals surface area contributed by atoms with Crippen molar-refractivity contribution in [3.05, 3.63) is 24.3 Å². The zero-order chi connectivity index (χ0) is 20.2. The highest BCUT2D eigenvalue weighted by atomic mass is 16.6. The summed E-state index contributed by atoms with van der Waals surface area (Å²) in [4.78, 5) is 44.6. The van der Waals surface area contributed by atoms with Gasteiger partial charge in [-0.25, -0.2) is 0 Å². The Labute approximate surface area is 166 Å². The second-order valence-corrected chi connectivity index (χ2v) is 7.50. The maximum Gasteiger partial charge on any atom is 0.317 e. The molecule has 0 aromatic carbocycles. The minimum atomic E-state index is -0.408. The SMILES string of the molecule is O=C1CC(CC=CCCCCCCCCC=CCC2CC(=O)OC2=O)C(=O)O1. The van der Waals surface area contributed by atoms with Crippen LogP contribution in [0.25, 0.3) is 0 Å². The van der Waals surface area contributed by atoms with Crippen molar-refractivity contribution in [2.45, 2.75) is 77.0 Å². The summed E-state index contributed by atoms with van der Waals surface area (Å²) in [5.41, 5.74) is 0. The van der Waals surface area contributed by atoms with E-state index in [2.05, 4.69) is 21.6 Å². The number of allylic oxidation sites excluding steroid dienone is 4. The second-order valence-electron chi connectivity index (χ2n) is 7.50. The first-order valence-corrected chi connectivity index (χ1v) is 10.4. The van der Waals surface area contributed by atoms with Crippen molar-refractivity contribution in [1.82, 2.24) is 0 Å². The van der Waals surface area contributed by atoms with Crippen LogP contribution in [0.4, 0.5) is 0 Å². The molecule has 0 aliphatic carbocycles. The van der Waals surface area contributed by atoms with Crippen molar-refractivity contribution in [3.63, 3.8) is 0 Å². The summed E-state index contributed by atoms with van der Waals surface area (Å²) in [5.74, 6) is -2.16. The first-order valence-electron chi connectivity index (χ1n) is 10.4. The molecule has 0 N–H and O–H groups in total. The van der Waals surface area contributed by atoms with Crippen LogP contribution in [0.3, 0.4) is 0 Å². The third kappa shape index (κ3) is 8.19. The van der Waals surface area contributed by atoms with Crippen molar-refractivity contribution in [3.8, 4) is 0 Å². The highest BCUT2D eigenvalue weighted by molar-refractivity contribution is 5.95. The molecule has 0 bridgehead atoms. The number of hydrogen-bond acceptors (Lipinski definition) is 6. The molecule has 2 rings (SSSR count). The lowest BCUT2D eigenvalue weighted by Crippen LogP contribution is -2.05. The average Bonchev–Trinajstić information content (AvgIpc) is 3.14. The van der Waals surface area contributed by atoms with Crippen molar-refractivity contribution in [2.24, 2.45) is 11.8 Å². The number of carbonyl (C=O) groups is 4. The molecule has 2 aliphatic heterocycles. The molecule has 2 unspecified atom stereocenters. The number of esters is 4. The molecule has 2 heterocycles. The molecule has 2 saturated heterocycles. The van der Waals surface area contributed by atoms with Crippen molar-refractivity contribution in [2.75, 3.05) is 0 Å². The number of ether oxygens (including phenoxy) is 2. The molecule has 154 valence electrons. The van der Waals surface area contributed by atoms with Gasteiger partial charge in [0, 0.05) is 0 Å². The van der Waals surface area contributed by atoms with Gasteiger partial charge in [-0.15, -0.1) is 0 Å². The Kier molecular flexibility index (Phi) is 9.66. The summed E-state index contributed by atoms with van der Waals surface area (Å²) in [6, 6.07) is 0. The van der Waals surface area contributed by atoms with Crippen molar-refractivity contribution < 1.29 is 28.7 Å². The van der Waals surface area contributed by atoms with Crippen LogP contribution in [-0.2, 0) is 28.7 Å². The first kappa shape index (κ1) is 22.1. The zero-order valence-corrected chi connectivity index (χ0v) is 16.4. The Morgan fingerprint density at radius 2 is 1.00 bits per heavy atom. The van der Waals surface area contributed by atoms with Gasteiger partial charge in [0.1, 0.15) is 0 Å². The van der Waals surface area contributed by atoms with Gasteiger partial charge in [-0.05, 0) is 38.5 Å². The van der Waals surface area contributed by atoms with Crippen LogP contribution >= 0.6 is 0 Å². The normalized spacial score (nSPS) is 22.6. The highest BCUT2D eigenvalue weighted by Crippen LogP contribution is 2.21. The van der Waals surface area contributed by atoms with E-state index in [1.165, 1.54) is 25.7 Å². The summed E-state index contributed by atoms with van der Waals surface area (Å²) < 4.78 is 9.04. The summed E-state index contributed by atoms with van der Waals surface area (Å²) in [6.07, 6.45) is 18.9. The number of carbonyl (C=O) groups excluding carboxylic acids is 4. The molecule has 6 heteroatoms. The standard InChI is InChI=1S/C22H30O6/c23-19-15-17(21(25)27-19)13-11-9-7-5-3-1-2-4-6-8-10-12-14-18-16-20(24)28-22(18)26/h9-12,17-18H,1-8,13-16H2. The molecule has 2 fully saturated rings. The number of cyclic esters (lactones) is 4. The third-order valence-electron chi connectivity index (χ3n) is 5.09. The maximum absolute atomic E-state index is 11.3. The molecule has 0 aromatic heterocycles. The second kappa shape index (κ2) is 12.3. The van der Waals surface area contributed by atoms with Crippen molar-refractivity contribution >= 4 is 23.9 Å². The highest BCUT2D eigenvalue weighted by Gasteiger charge is 2.32. The predicted octanol–water partition coefficient (Wildman–Crippen LogP) is 4.18. The summed E-state index contributed by atoms with van der Waals surface area (Å²) >= 11 is 0. The summed E-state index contributed by atoms with van der Waals surface area (Å²) in [6.45, 7) is 0. The lowest BCUT2D eigenvalue weighted by atomic mass is 10.0. The van der Waals surface area contributed by atoms with E-state index in [1.807, 2.05) is 12.2 Å². The Bertz CT molecular complexity index is 565. The van der Waals surface area contributed by atoms with Gasteiger partial charge in [-0.2, -0.15) is 0 Å². The Hall–Kier alpha value is -2.24. The first-order chi connectivity index (χ1) is 13.6. The smallest absolute Gasteiger partial charge is 0.317 e. The number of unbranched alkanes of at least 4 members (excludes halogenated alkanes) is 7. The average molecular weight is 390 g/mol. The minimum absolute atomic E-state index is 0.213. The van der Waals surface area contributed by atoms with Gasteiger partial charge in [-0.1, -0.05) is 50.0 Å². The van der Waals surface area contributed by atoms with E-state index in [0.29, 0.717) is 12.8 Å². The predicted molar refractivity (Wildman–Crippen MR) is 103 cm³/mol. The van der Waals surface area contributed by atoms with Gasteiger partial charge in [-0.3, -0.25) is 19.2 Å². The van der Waals surface area contributed by atoms with Crippen molar-refractivity contribution in [1.29, 1.82) is 0 Å².